The Morgan fingerprint density at radius 3 is 2.70 bits per heavy atom. The fraction of sp³-hybridized carbons (Fsp3) is 0.412. The van der Waals surface area contributed by atoms with E-state index in [-0.39, 0.29) is 12.1 Å². The molecule has 0 saturated carbocycles. The van der Waals surface area contributed by atoms with Crippen LogP contribution in [0.4, 0.5) is 15.0 Å². The van der Waals surface area contributed by atoms with Crippen LogP contribution in [0.2, 0.25) is 0 Å². The first kappa shape index (κ1) is 28.8. The molecule has 2 aliphatic rings. The molecular weight excluding hydrogens is 545 g/mol. The first-order chi connectivity index (χ1) is 20.6. The van der Waals surface area contributed by atoms with E-state index < -0.39 is 29.5 Å². The molecule has 1 aliphatic heterocycles. The van der Waals surface area contributed by atoms with Crippen molar-refractivity contribution in [1.29, 1.82) is 0 Å². The largest absolute Gasteiger partial charge is 0.444 e. The highest BCUT2D eigenvalue weighted by atomic mass is 19.1. The van der Waals surface area contributed by atoms with Gasteiger partial charge in [-0.25, -0.2) is 14.2 Å². The van der Waals surface area contributed by atoms with Crippen molar-refractivity contribution in [3.8, 4) is 11.3 Å². The molecule has 1 saturated heterocycles. The Morgan fingerprint density at radius 1 is 1.09 bits per heavy atom. The van der Waals surface area contributed by atoms with Crippen LogP contribution in [0, 0.1) is 12.7 Å². The minimum Gasteiger partial charge on any atom is -0.444 e. The number of nitrogens with one attached hydrogen (secondary N) is 1. The number of hydrogen-bond acceptors (Lipinski definition) is 5. The van der Waals surface area contributed by atoms with Gasteiger partial charge in [0, 0.05) is 41.5 Å². The number of carbonyl (C=O) groups is 2. The molecule has 224 valence electrons. The summed E-state index contributed by atoms with van der Waals surface area (Å²) in [5.74, 6) is -0.647. The lowest BCUT2D eigenvalue weighted by atomic mass is 9.93. The van der Waals surface area contributed by atoms with Gasteiger partial charge in [-0.15, -0.1) is 0 Å². The maximum Gasteiger partial charge on any atom is 0.410 e. The van der Waals surface area contributed by atoms with Crippen LogP contribution < -0.4 is 4.90 Å². The van der Waals surface area contributed by atoms with E-state index in [2.05, 4.69) is 15.2 Å². The summed E-state index contributed by atoms with van der Waals surface area (Å²) in [4.78, 5) is 35.4. The van der Waals surface area contributed by atoms with Crippen LogP contribution in [-0.2, 0) is 17.6 Å². The third kappa shape index (κ3) is 5.72. The standard InChI is InChI=1S/C34H38FN5O3/c1-21-9-7-10-22-16-17-36-31(29(21)22)40(24-11-8-18-39(20-24)33(42)43-34(2,3)4)32(41)25-15-14-23(19-27(25)35)30-26-12-5-6-13-28(26)37-38-30/h7,9-10,14-17,19,24H,5-6,8,11-13,18,20H2,1-4H3,(H,37,38)/t24-/m1/s1. The molecule has 2 aromatic heterocycles. The molecule has 2 amide bonds. The maximum absolute atomic E-state index is 16.0. The van der Waals surface area contributed by atoms with Gasteiger partial charge in [0.1, 0.15) is 17.2 Å². The Labute approximate surface area is 251 Å². The summed E-state index contributed by atoms with van der Waals surface area (Å²) in [7, 11) is 0. The van der Waals surface area contributed by atoms with Gasteiger partial charge < -0.3 is 9.64 Å². The zero-order valence-corrected chi connectivity index (χ0v) is 25.2. The molecule has 1 fully saturated rings. The van der Waals surface area contributed by atoms with Crippen molar-refractivity contribution in [3.63, 3.8) is 0 Å². The lowest BCUT2D eigenvalue weighted by Crippen LogP contribution is -2.53. The average molecular weight is 584 g/mol. The van der Waals surface area contributed by atoms with Crippen LogP contribution >= 0.6 is 0 Å². The Kier molecular flexibility index (Phi) is 7.66. The van der Waals surface area contributed by atoms with Crippen molar-refractivity contribution in [3.05, 3.63) is 76.9 Å². The number of carbonyl (C=O) groups excluding carboxylic acids is 2. The number of piperidine rings is 1. The van der Waals surface area contributed by atoms with Crippen LogP contribution in [0.3, 0.4) is 0 Å². The number of hydrogen-bond donors (Lipinski definition) is 1. The van der Waals surface area contributed by atoms with E-state index >= 15 is 4.39 Å². The van der Waals surface area contributed by atoms with Crippen LogP contribution in [0.1, 0.15) is 73.6 Å². The molecule has 43 heavy (non-hydrogen) atoms. The first-order valence-electron chi connectivity index (χ1n) is 15.1. The van der Waals surface area contributed by atoms with Gasteiger partial charge in [0.05, 0.1) is 17.3 Å². The maximum atomic E-state index is 16.0. The van der Waals surface area contributed by atoms with E-state index in [0.29, 0.717) is 30.8 Å². The van der Waals surface area contributed by atoms with E-state index in [1.54, 1.807) is 28.1 Å². The molecule has 1 aliphatic carbocycles. The number of nitrogens with zero attached hydrogens (tertiary/aromatic N) is 4. The third-order valence-electron chi connectivity index (χ3n) is 8.37. The Bertz CT molecular complexity index is 1690. The molecule has 3 heterocycles. The van der Waals surface area contributed by atoms with Crippen molar-refractivity contribution < 1.29 is 18.7 Å². The molecule has 0 unspecified atom stereocenters. The minimum absolute atomic E-state index is 0.0464. The molecule has 1 atom stereocenters. The van der Waals surface area contributed by atoms with E-state index in [9.17, 15) is 9.59 Å². The lowest BCUT2D eigenvalue weighted by Gasteiger charge is -2.39. The number of aromatic amines is 1. The van der Waals surface area contributed by atoms with Gasteiger partial charge in [0.25, 0.3) is 5.91 Å². The van der Waals surface area contributed by atoms with Gasteiger partial charge in [0.15, 0.2) is 0 Å². The predicted molar refractivity (Wildman–Crippen MR) is 165 cm³/mol. The van der Waals surface area contributed by atoms with Crippen LogP contribution in [0.25, 0.3) is 22.0 Å². The molecule has 9 heteroatoms. The molecule has 0 spiro atoms. The monoisotopic (exact) mass is 583 g/mol. The summed E-state index contributed by atoms with van der Waals surface area (Å²) in [5, 5.41) is 9.36. The fourth-order valence-corrected chi connectivity index (χ4v) is 6.35. The number of likely N-dealkylation sites (tertiary alicyclic amines) is 1. The number of benzene rings is 2. The van der Waals surface area contributed by atoms with Gasteiger partial charge >= 0.3 is 6.09 Å². The normalized spacial score (nSPS) is 17.0. The van der Waals surface area contributed by atoms with Gasteiger partial charge in [-0.2, -0.15) is 5.10 Å². The van der Waals surface area contributed by atoms with Crippen molar-refractivity contribution >= 4 is 28.6 Å². The Morgan fingerprint density at radius 2 is 1.91 bits per heavy atom. The predicted octanol–water partition coefficient (Wildman–Crippen LogP) is 7.00. The van der Waals surface area contributed by atoms with Crippen LogP contribution in [0.15, 0.2) is 48.7 Å². The van der Waals surface area contributed by atoms with Crippen molar-refractivity contribution in [1.82, 2.24) is 20.1 Å². The minimum atomic E-state index is -0.647. The van der Waals surface area contributed by atoms with E-state index in [0.717, 1.165) is 59.0 Å². The smallest absolute Gasteiger partial charge is 0.410 e. The average Bonchev–Trinajstić information content (AvgIpc) is 3.41. The van der Waals surface area contributed by atoms with Gasteiger partial charge in [0.2, 0.25) is 0 Å². The van der Waals surface area contributed by atoms with Crippen LogP contribution in [0.5, 0.6) is 0 Å². The van der Waals surface area contributed by atoms with E-state index in [1.165, 1.54) is 6.07 Å². The number of ether oxygens (including phenoxy) is 1. The number of amides is 2. The van der Waals surface area contributed by atoms with Crippen LogP contribution in [-0.4, -0.2) is 56.8 Å². The molecular formula is C34H38FN5O3. The summed E-state index contributed by atoms with van der Waals surface area (Å²) in [5.41, 5.74) is 3.89. The van der Waals surface area contributed by atoms with Gasteiger partial charge in [-0.05, 0) is 95.4 Å². The second kappa shape index (κ2) is 11.4. The van der Waals surface area contributed by atoms with E-state index in [1.807, 2.05) is 52.0 Å². The number of aromatic nitrogens is 3. The SMILES string of the molecule is Cc1cccc2ccnc(N(C(=O)c3ccc(-c4n[nH]c5c4CCCC5)cc3F)[C@@H]3CCCN(C(=O)OC(C)(C)C)C3)c12. The number of fused-ring (bicyclic) bond motifs is 2. The summed E-state index contributed by atoms with van der Waals surface area (Å²) >= 11 is 0. The second-order valence-electron chi connectivity index (χ2n) is 12.6. The van der Waals surface area contributed by atoms with Crippen molar-refractivity contribution in [2.24, 2.45) is 0 Å². The number of rotatable bonds is 4. The second-order valence-corrected chi connectivity index (χ2v) is 12.6. The quantitative estimate of drug-likeness (QED) is 0.279. The highest BCUT2D eigenvalue weighted by molar-refractivity contribution is 6.11. The molecule has 1 N–H and O–H groups in total. The number of anilines is 1. The number of halogens is 1. The molecule has 6 rings (SSSR count). The molecule has 2 aromatic carbocycles. The fourth-order valence-electron chi connectivity index (χ4n) is 6.35. The Balaban J connectivity index is 1.40. The summed E-state index contributed by atoms with van der Waals surface area (Å²) in [6.07, 6.45) is 6.58. The topological polar surface area (TPSA) is 91.4 Å². The van der Waals surface area contributed by atoms with E-state index in [4.69, 9.17) is 4.74 Å². The Hall–Kier alpha value is -4.27. The summed E-state index contributed by atoms with van der Waals surface area (Å²) in [6.45, 7) is 8.24. The summed E-state index contributed by atoms with van der Waals surface area (Å²) in [6, 6.07) is 12.1. The van der Waals surface area contributed by atoms with Crippen molar-refractivity contribution in [2.45, 2.75) is 77.9 Å². The molecule has 8 nitrogen and oxygen atoms in total. The molecule has 4 aromatic rings. The summed E-state index contributed by atoms with van der Waals surface area (Å²) < 4.78 is 21.6. The van der Waals surface area contributed by atoms with Gasteiger partial charge in [-0.1, -0.05) is 24.3 Å². The van der Waals surface area contributed by atoms with Crippen molar-refractivity contribution in [2.75, 3.05) is 18.0 Å². The van der Waals surface area contributed by atoms with Gasteiger partial charge in [-0.3, -0.25) is 14.8 Å². The number of aryl methyl sites for hydroxylation is 2. The first-order valence-corrected chi connectivity index (χ1v) is 15.1. The third-order valence-corrected chi connectivity index (χ3v) is 8.37. The molecule has 0 bridgehead atoms. The number of pyridine rings is 1. The highest BCUT2D eigenvalue weighted by Crippen LogP contribution is 2.34. The zero-order chi connectivity index (χ0) is 30.3. The zero-order valence-electron chi connectivity index (χ0n) is 25.2. The number of H-pyrrole nitrogens is 1. The molecule has 0 radical (unpaired) electrons. The lowest BCUT2D eigenvalue weighted by molar-refractivity contribution is 0.0196. The highest BCUT2D eigenvalue weighted by Gasteiger charge is 2.36.